The predicted octanol–water partition coefficient (Wildman–Crippen LogP) is 8.14. The highest BCUT2D eigenvalue weighted by atomic mass is 16.5. The van der Waals surface area contributed by atoms with Crippen molar-refractivity contribution in [2.24, 2.45) is 11.8 Å². The summed E-state index contributed by atoms with van der Waals surface area (Å²) >= 11 is 0. The zero-order chi connectivity index (χ0) is 45.2. The van der Waals surface area contributed by atoms with Crippen LogP contribution >= 0.6 is 0 Å². The second kappa shape index (κ2) is 18.4. The highest BCUT2D eigenvalue weighted by molar-refractivity contribution is 5.88. The normalized spacial score (nSPS) is 17.3. The molecule has 64 heavy (non-hydrogen) atoms. The lowest BCUT2D eigenvalue weighted by Crippen LogP contribution is -2.56. The van der Waals surface area contributed by atoms with Crippen molar-refractivity contribution in [3.8, 4) is 39.3 Å². The van der Waals surface area contributed by atoms with Gasteiger partial charge in [-0.2, -0.15) is 0 Å². The summed E-state index contributed by atoms with van der Waals surface area (Å²) in [6, 6.07) is 19.3. The van der Waals surface area contributed by atoms with Gasteiger partial charge in [0.25, 0.3) is 0 Å². The zero-order valence-electron chi connectivity index (χ0n) is 37.6. The minimum absolute atomic E-state index is 0.143. The van der Waals surface area contributed by atoms with E-state index in [-0.39, 0.29) is 23.7 Å². The first-order chi connectivity index (χ1) is 30.8. The van der Waals surface area contributed by atoms with E-state index in [0.29, 0.717) is 13.0 Å². The third-order valence-electron chi connectivity index (χ3n) is 13.3. The number of aromatic nitrogens is 4. The van der Waals surface area contributed by atoms with Gasteiger partial charge in [0.15, 0.2) is 0 Å². The van der Waals surface area contributed by atoms with Gasteiger partial charge in [0.2, 0.25) is 11.8 Å². The fourth-order valence-corrected chi connectivity index (χ4v) is 9.64. The number of methoxy groups -OCH3 is 2. The Bertz CT molecular complexity index is 2510. The van der Waals surface area contributed by atoms with Gasteiger partial charge in [0.05, 0.1) is 48.6 Å². The number of nitrogens with zero attached hydrogens (tertiary/aromatic N) is 2. The third-order valence-corrected chi connectivity index (χ3v) is 13.3. The molecular formula is C49H60N8O7. The van der Waals surface area contributed by atoms with E-state index in [0.717, 1.165) is 125 Å². The molecule has 5 aromatic rings. The number of rotatable bonds is 12. The molecule has 0 spiro atoms. The lowest BCUT2D eigenvalue weighted by Gasteiger charge is -2.38. The topological polar surface area (TPSA) is 201 Å². The molecule has 4 amide bonds. The van der Waals surface area contributed by atoms with Crippen LogP contribution in [0.3, 0.4) is 0 Å². The number of benzene rings is 3. The first-order valence-corrected chi connectivity index (χ1v) is 22.6. The molecule has 2 fully saturated rings. The van der Waals surface area contributed by atoms with Crippen molar-refractivity contribution in [1.82, 2.24) is 41.2 Å². The lowest BCUT2D eigenvalue weighted by atomic mass is 9.80. The first-order valence-electron chi connectivity index (χ1n) is 22.6. The maximum Gasteiger partial charge on any atom is 0.407 e. The monoisotopic (exact) mass is 872 g/mol. The number of carbonyl (C=O) groups excluding carboxylic acids is 4. The van der Waals surface area contributed by atoms with E-state index in [1.165, 1.54) is 14.2 Å². The number of H-pyrrole nitrogens is 2. The fourth-order valence-electron chi connectivity index (χ4n) is 9.64. The summed E-state index contributed by atoms with van der Waals surface area (Å²) in [6.07, 6.45) is 7.19. The van der Waals surface area contributed by atoms with Gasteiger partial charge in [-0.1, -0.05) is 96.2 Å². The van der Waals surface area contributed by atoms with Crippen molar-refractivity contribution in [3.63, 3.8) is 0 Å². The first kappa shape index (κ1) is 44.2. The van der Waals surface area contributed by atoms with E-state index in [4.69, 9.17) is 24.2 Å². The van der Waals surface area contributed by atoms with Gasteiger partial charge in [-0.3, -0.25) is 9.59 Å². The van der Waals surface area contributed by atoms with E-state index >= 15 is 0 Å². The second-order valence-corrected chi connectivity index (χ2v) is 18.2. The van der Waals surface area contributed by atoms with Gasteiger partial charge >= 0.3 is 12.2 Å². The number of hydrogen-bond donors (Lipinski definition) is 6. The van der Waals surface area contributed by atoms with Crippen molar-refractivity contribution in [3.05, 3.63) is 78.0 Å². The van der Waals surface area contributed by atoms with Gasteiger partial charge in [0.1, 0.15) is 29.5 Å². The largest absolute Gasteiger partial charge is 0.492 e. The lowest BCUT2D eigenvalue weighted by molar-refractivity contribution is -0.127. The standard InChI is InChI=1S/C49H60N8O7/c1-28(2)39(54-46(60)62-5)42(58)56-48(21-8-7-9-22-48)44-50-35-19-17-32(26-37(35)52-44)30-12-14-31(15-13-30)33-16-18-34-38(27-33)64-25-20-36-41(34)53-45(51-36)49(23-10-11-24-49)57-43(59)40(29(3)4)55-47(61)63-6/h12-19,26-29,39-40H,7-11,20-25H2,1-6H3,(H,50,52)(H,51,53)(H,54,60)(H,55,61)(H,56,58)(H,57,59)/t39-,40-/m0/s1. The smallest absolute Gasteiger partial charge is 0.407 e. The van der Waals surface area contributed by atoms with Crippen molar-refractivity contribution >= 4 is 35.0 Å². The van der Waals surface area contributed by atoms with Gasteiger partial charge < -0.3 is 45.4 Å². The maximum absolute atomic E-state index is 13.7. The summed E-state index contributed by atoms with van der Waals surface area (Å²) in [5.74, 6) is 1.39. The molecule has 338 valence electrons. The number of imidazole rings is 2. The molecule has 2 atom stereocenters. The minimum Gasteiger partial charge on any atom is -0.492 e. The minimum atomic E-state index is -0.752. The van der Waals surface area contributed by atoms with Crippen LogP contribution in [0.15, 0.2) is 60.7 Å². The molecule has 2 saturated carbocycles. The van der Waals surface area contributed by atoms with Gasteiger partial charge in [-0.05, 0) is 84.0 Å². The van der Waals surface area contributed by atoms with Crippen LogP contribution in [-0.2, 0) is 36.6 Å². The molecule has 2 aliphatic carbocycles. The molecule has 15 heteroatoms. The average molecular weight is 873 g/mol. The van der Waals surface area contributed by atoms with E-state index in [1.807, 2.05) is 33.8 Å². The SMILES string of the molecule is COC(=O)N[C@H](C(=O)NC1(c2nc3c([nH]2)CCOc2cc(-c4ccc(-c5ccc6nc(C7(NC(=O)[C@@H](NC(=O)OC)C(C)C)CCCCC7)[nH]c6c5)cc4)ccc2-3)CCCC1)C(C)C. The third kappa shape index (κ3) is 8.89. The number of nitrogens with one attached hydrogen (secondary N) is 6. The zero-order valence-corrected chi connectivity index (χ0v) is 37.6. The summed E-state index contributed by atoms with van der Waals surface area (Å²) < 4.78 is 15.9. The Morgan fingerprint density at radius 1 is 0.641 bits per heavy atom. The summed E-state index contributed by atoms with van der Waals surface area (Å²) in [5, 5.41) is 12.0. The van der Waals surface area contributed by atoms with Gasteiger partial charge in [-0.15, -0.1) is 0 Å². The summed E-state index contributed by atoms with van der Waals surface area (Å²) in [5.41, 5.74) is 7.13. The van der Waals surface area contributed by atoms with Crippen LogP contribution in [-0.4, -0.2) is 76.8 Å². The van der Waals surface area contributed by atoms with E-state index in [9.17, 15) is 19.2 Å². The molecule has 0 radical (unpaired) electrons. The van der Waals surface area contributed by atoms with E-state index in [1.54, 1.807) is 0 Å². The van der Waals surface area contributed by atoms with Crippen LogP contribution in [0.25, 0.3) is 44.5 Å². The Labute approximate surface area is 373 Å². The summed E-state index contributed by atoms with van der Waals surface area (Å²) in [6.45, 7) is 8.05. The summed E-state index contributed by atoms with van der Waals surface area (Å²) in [4.78, 5) is 68.9. The number of hydrogen-bond acceptors (Lipinski definition) is 9. The van der Waals surface area contributed by atoms with Crippen molar-refractivity contribution < 1.29 is 33.4 Å². The Morgan fingerprint density at radius 2 is 1.14 bits per heavy atom. The van der Waals surface area contributed by atoms with Gasteiger partial charge in [0, 0.05) is 17.7 Å². The molecule has 0 unspecified atom stereocenters. The van der Waals surface area contributed by atoms with E-state index < -0.39 is 35.3 Å². The number of fused-ring (bicyclic) bond motifs is 4. The highest BCUT2D eigenvalue weighted by Gasteiger charge is 2.43. The molecule has 0 bridgehead atoms. The van der Waals surface area contributed by atoms with Crippen molar-refractivity contribution in [2.45, 2.75) is 115 Å². The quantitative estimate of drug-likeness (QED) is 0.0716. The fraction of sp³-hybridized carbons (Fsp3) is 0.469. The van der Waals surface area contributed by atoms with Gasteiger partial charge in [-0.25, -0.2) is 19.6 Å². The van der Waals surface area contributed by atoms with Crippen molar-refractivity contribution in [1.29, 1.82) is 0 Å². The maximum atomic E-state index is 13.7. The molecule has 3 heterocycles. The molecule has 15 nitrogen and oxygen atoms in total. The molecule has 3 aromatic carbocycles. The average Bonchev–Trinajstić information content (AvgIpc) is 4.05. The molecule has 6 N–H and O–H groups in total. The second-order valence-electron chi connectivity index (χ2n) is 18.2. The Morgan fingerprint density at radius 3 is 1.69 bits per heavy atom. The van der Waals surface area contributed by atoms with Crippen LogP contribution in [0.1, 0.15) is 103 Å². The van der Waals surface area contributed by atoms with Crippen LogP contribution in [0.4, 0.5) is 9.59 Å². The van der Waals surface area contributed by atoms with Crippen LogP contribution < -0.4 is 26.0 Å². The molecule has 1 aliphatic heterocycles. The Kier molecular flexibility index (Phi) is 12.7. The summed E-state index contributed by atoms with van der Waals surface area (Å²) in [7, 11) is 2.58. The molecular weight excluding hydrogens is 813 g/mol. The molecule has 0 saturated heterocycles. The van der Waals surface area contributed by atoms with Crippen molar-refractivity contribution in [2.75, 3.05) is 20.8 Å². The number of ether oxygens (including phenoxy) is 3. The predicted molar refractivity (Wildman–Crippen MR) is 243 cm³/mol. The van der Waals surface area contributed by atoms with Crippen LogP contribution in [0.2, 0.25) is 0 Å². The number of aromatic amines is 2. The van der Waals surface area contributed by atoms with E-state index in [2.05, 4.69) is 85.8 Å². The molecule has 2 aromatic heterocycles. The number of alkyl carbamates (subject to hydrolysis) is 2. The van der Waals surface area contributed by atoms with Crippen LogP contribution in [0, 0.1) is 11.8 Å². The van der Waals surface area contributed by atoms with Crippen LogP contribution in [0.5, 0.6) is 5.75 Å². The number of carbonyl (C=O) groups is 4. The Hall–Kier alpha value is -6.38. The Balaban J connectivity index is 1.01. The molecule has 3 aliphatic rings. The molecule has 8 rings (SSSR count). The number of amides is 4. The highest BCUT2D eigenvalue weighted by Crippen LogP contribution is 2.43.